The largest absolute Gasteiger partial charge is 0.395 e. The lowest BCUT2D eigenvalue weighted by Gasteiger charge is -2.38. The van der Waals surface area contributed by atoms with Gasteiger partial charge < -0.3 is 10.4 Å². The van der Waals surface area contributed by atoms with Crippen molar-refractivity contribution in [1.29, 1.82) is 0 Å². The van der Waals surface area contributed by atoms with Gasteiger partial charge in [0.15, 0.2) is 0 Å². The maximum absolute atomic E-state index is 9.30. The molecule has 0 radical (unpaired) electrons. The standard InChI is InChI=1S/C16H32N2O/c1-2-17-13-16(9-5-3-4-6-10-16)14-18(11-12-19)15-7-8-15/h15,17,19H,2-14H2,1H3. The molecule has 3 heteroatoms. The van der Waals surface area contributed by atoms with Crippen molar-refractivity contribution in [2.75, 3.05) is 32.8 Å². The van der Waals surface area contributed by atoms with Crippen molar-refractivity contribution in [3.8, 4) is 0 Å². The summed E-state index contributed by atoms with van der Waals surface area (Å²) in [6.45, 7) is 6.83. The Morgan fingerprint density at radius 3 is 2.37 bits per heavy atom. The van der Waals surface area contributed by atoms with Crippen LogP contribution >= 0.6 is 0 Å². The summed E-state index contributed by atoms with van der Waals surface area (Å²) in [5.74, 6) is 0. The fraction of sp³-hybridized carbons (Fsp3) is 1.00. The van der Waals surface area contributed by atoms with Crippen LogP contribution in [-0.4, -0.2) is 48.8 Å². The molecule has 2 saturated carbocycles. The molecule has 2 aliphatic carbocycles. The van der Waals surface area contributed by atoms with Gasteiger partial charge in [-0.25, -0.2) is 0 Å². The van der Waals surface area contributed by atoms with Crippen LogP contribution in [0.3, 0.4) is 0 Å². The minimum absolute atomic E-state index is 0.313. The van der Waals surface area contributed by atoms with E-state index in [0.717, 1.165) is 25.7 Å². The normalized spacial score (nSPS) is 23.5. The van der Waals surface area contributed by atoms with Crippen LogP contribution in [0.1, 0.15) is 58.3 Å². The van der Waals surface area contributed by atoms with Crippen LogP contribution in [0.5, 0.6) is 0 Å². The Morgan fingerprint density at radius 1 is 1.16 bits per heavy atom. The van der Waals surface area contributed by atoms with E-state index in [0.29, 0.717) is 12.0 Å². The Morgan fingerprint density at radius 2 is 1.84 bits per heavy atom. The molecule has 2 aliphatic rings. The lowest BCUT2D eigenvalue weighted by atomic mass is 9.79. The van der Waals surface area contributed by atoms with E-state index >= 15 is 0 Å². The number of aliphatic hydroxyl groups excluding tert-OH is 1. The van der Waals surface area contributed by atoms with Gasteiger partial charge >= 0.3 is 0 Å². The molecular formula is C16H32N2O. The summed E-state index contributed by atoms with van der Waals surface area (Å²) in [6, 6.07) is 0.772. The molecule has 2 N–H and O–H groups in total. The van der Waals surface area contributed by atoms with E-state index in [1.807, 2.05) is 0 Å². The summed E-state index contributed by atoms with van der Waals surface area (Å²) in [4.78, 5) is 2.57. The third kappa shape index (κ3) is 4.73. The van der Waals surface area contributed by atoms with E-state index in [-0.39, 0.29) is 0 Å². The Balaban J connectivity index is 1.97. The topological polar surface area (TPSA) is 35.5 Å². The first kappa shape index (κ1) is 15.3. The highest BCUT2D eigenvalue weighted by atomic mass is 16.3. The van der Waals surface area contributed by atoms with Crippen molar-refractivity contribution < 1.29 is 5.11 Å². The molecule has 0 unspecified atom stereocenters. The molecule has 0 aliphatic heterocycles. The zero-order valence-electron chi connectivity index (χ0n) is 12.7. The first-order valence-electron chi connectivity index (χ1n) is 8.35. The van der Waals surface area contributed by atoms with Crippen LogP contribution in [0, 0.1) is 5.41 Å². The molecule has 0 bridgehead atoms. The molecule has 2 rings (SSSR count). The van der Waals surface area contributed by atoms with E-state index < -0.39 is 0 Å². The number of aliphatic hydroxyl groups is 1. The average Bonchev–Trinajstić information content (AvgIpc) is 3.24. The Bertz CT molecular complexity index is 245. The number of nitrogens with zero attached hydrogens (tertiary/aromatic N) is 1. The molecule has 19 heavy (non-hydrogen) atoms. The van der Waals surface area contributed by atoms with Gasteiger partial charge in [0, 0.05) is 25.7 Å². The van der Waals surface area contributed by atoms with Gasteiger partial charge in [-0.2, -0.15) is 0 Å². The van der Waals surface area contributed by atoms with Crippen LogP contribution in [0.15, 0.2) is 0 Å². The van der Waals surface area contributed by atoms with Gasteiger partial charge in [-0.05, 0) is 37.6 Å². The van der Waals surface area contributed by atoms with E-state index in [9.17, 15) is 5.11 Å². The first-order valence-corrected chi connectivity index (χ1v) is 8.35. The Hall–Kier alpha value is -0.120. The predicted molar refractivity (Wildman–Crippen MR) is 80.4 cm³/mol. The van der Waals surface area contributed by atoms with Gasteiger partial charge in [0.25, 0.3) is 0 Å². The maximum Gasteiger partial charge on any atom is 0.0558 e. The molecular weight excluding hydrogens is 236 g/mol. The van der Waals surface area contributed by atoms with Crippen molar-refractivity contribution in [2.45, 2.75) is 64.3 Å². The van der Waals surface area contributed by atoms with Gasteiger partial charge in [0.05, 0.1) is 6.61 Å². The highest BCUT2D eigenvalue weighted by Gasteiger charge is 2.37. The van der Waals surface area contributed by atoms with E-state index in [4.69, 9.17) is 0 Å². The van der Waals surface area contributed by atoms with Crippen LogP contribution in [0.2, 0.25) is 0 Å². The van der Waals surface area contributed by atoms with Crippen LogP contribution in [0.4, 0.5) is 0 Å². The second-order valence-corrected chi connectivity index (χ2v) is 6.62. The molecule has 3 nitrogen and oxygen atoms in total. The van der Waals surface area contributed by atoms with E-state index in [1.165, 1.54) is 57.9 Å². The second-order valence-electron chi connectivity index (χ2n) is 6.62. The highest BCUT2D eigenvalue weighted by molar-refractivity contribution is 4.92. The predicted octanol–water partition coefficient (Wildman–Crippen LogP) is 2.39. The molecule has 0 aromatic carbocycles. The molecule has 0 heterocycles. The summed E-state index contributed by atoms with van der Waals surface area (Å²) in [5, 5.41) is 12.9. The molecule has 0 aromatic heterocycles. The monoisotopic (exact) mass is 268 g/mol. The van der Waals surface area contributed by atoms with Crippen LogP contribution in [-0.2, 0) is 0 Å². The van der Waals surface area contributed by atoms with E-state index in [1.54, 1.807) is 0 Å². The lowest BCUT2D eigenvalue weighted by Crippen LogP contribution is -2.45. The minimum Gasteiger partial charge on any atom is -0.395 e. The molecule has 0 atom stereocenters. The fourth-order valence-electron chi connectivity index (χ4n) is 3.65. The van der Waals surface area contributed by atoms with Crippen molar-refractivity contribution >= 4 is 0 Å². The van der Waals surface area contributed by atoms with Crippen molar-refractivity contribution in [3.05, 3.63) is 0 Å². The Labute approximate surface area is 118 Å². The molecule has 0 spiro atoms. The van der Waals surface area contributed by atoms with Gasteiger partial charge in [0.2, 0.25) is 0 Å². The van der Waals surface area contributed by atoms with Gasteiger partial charge in [-0.1, -0.05) is 32.6 Å². The van der Waals surface area contributed by atoms with Gasteiger partial charge in [-0.15, -0.1) is 0 Å². The van der Waals surface area contributed by atoms with Gasteiger partial charge in [-0.3, -0.25) is 4.90 Å². The quantitative estimate of drug-likeness (QED) is 0.664. The number of rotatable bonds is 8. The summed E-state index contributed by atoms with van der Waals surface area (Å²) in [7, 11) is 0. The van der Waals surface area contributed by atoms with Crippen LogP contribution in [0.25, 0.3) is 0 Å². The second kappa shape index (κ2) is 7.61. The lowest BCUT2D eigenvalue weighted by molar-refractivity contribution is 0.103. The number of nitrogens with one attached hydrogen (secondary N) is 1. The van der Waals surface area contributed by atoms with E-state index in [2.05, 4.69) is 17.1 Å². The third-order valence-corrected chi connectivity index (χ3v) is 4.90. The van der Waals surface area contributed by atoms with Crippen LogP contribution < -0.4 is 5.32 Å². The summed E-state index contributed by atoms with van der Waals surface area (Å²) >= 11 is 0. The highest BCUT2D eigenvalue weighted by Crippen LogP contribution is 2.38. The molecule has 2 fully saturated rings. The smallest absolute Gasteiger partial charge is 0.0558 e. The maximum atomic E-state index is 9.30. The number of hydrogen-bond donors (Lipinski definition) is 2. The zero-order valence-corrected chi connectivity index (χ0v) is 12.7. The van der Waals surface area contributed by atoms with Crippen molar-refractivity contribution in [1.82, 2.24) is 10.2 Å². The first-order chi connectivity index (χ1) is 9.29. The van der Waals surface area contributed by atoms with Crippen molar-refractivity contribution in [3.63, 3.8) is 0 Å². The Kier molecular flexibility index (Phi) is 6.11. The summed E-state index contributed by atoms with van der Waals surface area (Å²) in [6.07, 6.45) is 11.0. The fourth-order valence-corrected chi connectivity index (χ4v) is 3.65. The SMILES string of the molecule is CCNCC1(CN(CCO)C2CC2)CCCCCC1. The molecule has 0 amide bonds. The number of hydrogen-bond acceptors (Lipinski definition) is 3. The molecule has 112 valence electrons. The third-order valence-electron chi connectivity index (χ3n) is 4.90. The average molecular weight is 268 g/mol. The van der Waals surface area contributed by atoms with Crippen molar-refractivity contribution in [2.24, 2.45) is 5.41 Å². The zero-order chi connectivity index (χ0) is 13.6. The summed E-state index contributed by atoms with van der Waals surface area (Å²) in [5.41, 5.74) is 0.463. The van der Waals surface area contributed by atoms with Gasteiger partial charge in [0.1, 0.15) is 0 Å². The summed E-state index contributed by atoms with van der Waals surface area (Å²) < 4.78 is 0. The minimum atomic E-state index is 0.313. The molecule has 0 aromatic rings. The molecule has 0 saturated heterocycles.